The number of carbonyl (C=O) groups is 1. The summed E-state index contributed by atoms with van der Waals surface area (Å²) >= 11 is 1.74. The number of fused-ring (bicyclic) bond motifs is 2. The van der Waals surface area contributed by atoms with E-state index in [0.29, 0.717) is 24.8 Å². The van der Waals surface area contributed by atoms with Crippen LogP contribution in [0.25, 0.3) is 21.2 Å². The quantitative estimate of drug-likeness (QED) is 0.474. The summed E-state index contributed by atoms with van der Waals surface area (Å²) in [6, 6.07) is 16.0. The lowest BCUT2D eigenvalue weighted by Crippen LogP contribution is -2.48. The predicted molar refractivity (Wildman–Crippen MR) is 118 cm³/mol. The Morgan fingerprint density at radius 3 is 2.62 bits per heavy atom. The highest BCUT2D eigenvalue weighted by Gasteiger charge is 2.26. The Kier molecular flexibility index (Phi) is 4.51. The van der Waals surface area contributed by atoms with Crippen molar-refractivity contribution in [2.45, 2.75) is 19.8 Å². The maximum absolute atomic E-state index is 12.9. The molecule has 148 valence electrons. The van der Waals surface area contributed by atoms with Crippen molar-refractivity contribution in [3.8, 4) is 0 Å². The lowest BCUT2D eigenvalue weighted by Gasteiger charge is -2.34. The van der Waals surface area contributed by atoms with Crippen LogP contribution in [0.1, 0.15) is 35.9 Å². The molecule has 5 nitrogen and oxygen atoms in total. The van der Waals surface area contributed by atoms with E-state index in [0.717, 1.165) is 34.7 Å². The molecule has 0 spiro atoms. The molecule has 1 amide bonds. The molecule has 2 aromatic carbocycles. The number of furan rings is 1. The zero-order valence-electron chi connectivity index (χ0n) is 16.6. The number of hydrogen-bond acceptors (Lipinski definition) is 5. The lowest BCUT2D eigenvalue weighted by molar-refractivity contribution is 0.0717. The standard InChI is InChI=1S/C23H23N3O2S/c1-15(2)17-7-5-9-20-21(17)24-23(29-20)26-12-10-25(11-13-26)22(27)19-14-16-6-3-4-8-18(16)28-19/h3-9,14-15H,10-13H2,1-2H3. The largest absolute Gasteiger partial charge is 0.451 e. The minimum absolute atomic E-state index is 0.0350. The number of rotatable bonds is 3. The second kappa shape index (κ2) is 7.19. The van der Waals surface area contributed by atoms with Crippen LogP contribution < -0.4 is 4.90 Å². The van der Waals surface area contributed by atoms with Crippen molar-refractivity contribution in [2.75, 3.05) is 31.1 Å². The van der Waals surface area contributed by atoms with Crippen LogP contribution in [0.4, 0.5) is 5.13 Å². The normalized spacial score (nSPS) is 15.0. The number of carbonyl (C=O) groups excluding carboxylic acids is 1. The number of amides is 1. The summed E-state index contributed by atoms with van der Waals surface area (Å²) in [7, 11) is 0. The van der Waals surface area contributed by atoms with E-state index >= 15 is 0 Å². The summed E-state index contributed by atoms with van der Waals surface area (Å²) in [6.45, 7) is 7.31. The number of hydrogen-bond donors (Lipinski definition) is 0. The summed E-state index contributed by atoms with van der Waals surface area (Å²) in [5.74, 6) is 0.834. The van der Waals surface area contributed by atoms with Gasteiger partial charge >= 0.3 is 0 Å². The van der Waals surface area contributed by atoms with E-state index in [2.05, 4.69) is 36.9 Å². The van der Waals surface area contributed by atoms with Gasteiger partial charge in [0.2, 0.25) is 0 Å². The molecule has 3 heterocycles. The topological polar surface area (TPSA) is 49.6 Å². The van der Waals surface area contributed by atoms with Crippen molar-refractivity contribution in [3.63, 3.8) is 0 Å². The number of nitrogens with zero attached hydrogens (tertiary/aromatic N) is 3. The predicted octanol–water partition coefficient (Wildman–Crippen LogP) is 5.13. The first-order chi connectivity index (χ1) is 14.1. The van der Waals surface area contributed by atoms with Crippen LogP contribution in [-0.4, -0.2) is 42.0 Å². The molecule has 5 rings (SSSR count). The van der Waals surface area contributed by atoms with Crippen LogP contribution in [0.5, 0.6) is 0 Å². The van der Waals surface area contributed by atoms with E-state index in [4.69, 9.17) is 9.40 Å². The molecule has 29 heavy (non-hydrogen) atoms. The minimum Gasteiger partial charge on any atom is -0.451 e. The zero-order chi connectivity index (χ0) is 20.0. The van der Waals surface area contributed by atoms with E-state index in [1.54, 1.807) is 11.3 Å². The fourth-order valence-corrected chi connectivity index (χ4v) is 4.96. The van der Waals surface area contributed by atoms with Crippen LogP contribution in [0, 0.1) is 0 Å². The molecule has 1 fully saturated rings. The van der Waals surface area contributed by atoms with Gasteiger partial charge in [-0.3, -0.25) is 4.79 Å². The Hall–Kier alpha value is -2.86. The summed E-state index contributed by atoms with van der Waals surface area (Å²) in [4.78, 5) is 22.0. The van der Waals surface area contributed by atoms with E-state index < -0.39 is 0 Å². The highest BCUT2D eigenvalue weighted by atomic mass is 32.1. The summed E-state index contributed by atoms with van der Waals surface area (Å²) in [5.41, 5.74) is 3.16. The number of para-hydroxylation sites is 2. The third kappa shape index (κ3) is 3.27. The smallest absolute Gasteiger partial charge is 0.289 e. The highest BCUT2D eigenvalue weighted by molar-refractivity contribution is 7.22. The molecule has 1 aliphatic rings. The van der Waals surface area contributed by atoms with Gasteiger partial charge in [-0.25, -0.2) is 4.98 Å². The molecule has 1 aliphatic heterocycles. The third-order valence-corrected chi connectivity index (χ3v) is 6.62. The van der Waals surface area contributed by atoms with Gasteiger partial charge in [0.15, 0.2) is 10.9 Å². The molecule has 0 saturated carbocycles. The number of anilines is 1. The average Bonchev–Trinajstić information content (AvgIpc) is 3.37. The number of benzene rings is 2. The Bertz CT molecular complexity index is 1150. The third-order valence-electron chi connectivity index (χ3n) is 5.53. The molecule has 6 heteroatoms. The van der Waals surface area contributed by atoms with Crippen LogP contribution in [0.3, 0.4) is 0 Å². The Balaban J connectivity index is 1.32. The first kappa shape index (κ1) is 18.2. The van der Waals surface area contributed by atoms with Gasteiger partial charge in [-0.2, -0.15) is 0 Å². The fourth-order valence-electron chi connectivity index (χ4n) is 3.90. The average molecular weight is 406 g/mol. The van der Waals surface area contributed by atoms with Crippen molar-refractivity contribution < 1.29 is 9.21 Å². The van der Waals surface area contributed by atoms with Gasteiger partial charge in [0, 0.05) is 31.6 Å². The molecule has 0 radical (unpaired) electrons. The number of thiazole rings is 1. The van der Waals surface area contributed by atoms with Gasteiger partial charge in [-0.05, 0) is 29.7 Å². The van der Waals surface area contributed by atoms with Gasteiger partial charge < -0.3 is 14.2 Å². The van der Waals surface area contributed by atoms with Gasteiger partial charge in [-0.1, -0.05) is 55.5 Å². The van der Waals surface area contributed by atoms with E-state index in [9.17, 15) is 4.79 Å². The fraction of sp³-hybridized carbons (Fsp3) is 0.304. The van der Waals surface area contributed by atoms with Crippen molar-refractivity contribution in [3.05, 3.63) is 59.9 Å². The van der Waals surface area contributed by atoms with Crippen LogP contribution in [0.15, 0.2) is 52.9 Å². The van der Waals surface area contributed by atoms with Crippen LogP contribution >= 0.6 is 11.3 Å². The summed E-state index contributed by atoms with van der Waals surface area (Å²) < 4.78 is 6.98. The molecule has 0 atom stereocenters. The van der Waals surface area contributed by atoms with E-state index in [-0.39, 0.29) is 5.91 Å². The van der Waals surface area contributed by atoms with Gasteiger partial charge in [-0.15, -0.1) is 0 Å². The lowest BCUT2D eigenvalue weighted by atomic mass is 10.0. The Morgan fingerprint density at radius 1 is 1.07 bits per heavy atom. The van der Waals surface area contributed by atoms with Gasteiger partial charge in [0.25, 0.3) is 5.91 Å². The molecule has 2 aromatic heterocycles. The second-order valence-electron chi connectivity index (χ2n) is 7.77. The molecule has 0 unspecified atom stereocenters. The van der Waals surface area contributed by atoms with Crippen molar-refractivity contribution in [2.24, 2.45) is 0 Å². The first-order valence-corrected chi connectivity index (χ1v) is 10.8. The zero-order valence-corrected chi connectivity index (χ0v) is 17.4. The Labute approximate surface area is 173 Å². The highest BCUT2D eigenvalue weighted by Crippen LogP contribution is 2.34. The van der Waals surface area contributed by atoms with Gasteiger partial charge in [0.05, 0.1) is 10.2 Å². The Morgan fingerprint density at radius 2 is 1.86 bits per heavy atom. The summed E-state index contributed by atoms with van der Waals surface area (Å²) in [6.07, 6.45) is 0. The molecule has 0 bridgehead atoms. The maximum atomic E-state index is 12.9. The van der Waals surface area contributed by atoms with Crippen molar-refractivity contribution in [1.29, 1.82) is 0 Å². The summed E-state index contributed by atoms with van der Waals surface area (Å²) in [5, 5.41) is 2.01. The molecular weight excluding hydrogens is 382 g/mol. The molecular formula is C23H23N3O2S. The monoisotopic (exact) mass is 405 g/mol. The van der Waals surface area contributed by atoms with Crippen molar-refractivity contribution >= 4 is 43.6 Å². The van der Waals surface area contributed by atoms with Crippen LogP contribution in [-0.2, 0) is 0 Å². The second-order valence-corrected chi connectivity index (χ2v) is 8.78. The van der Waals surface area contributed by atoms with Gasteiger partial charge in [0.1, 0.15) is 5.58 Å². The van der Waals surface area contributed by atoms with E-state index in [1.807, 2.05) is 35.2 Å². The minimum atomic E-state index is -0.0350. The molecule has 4 aromatic rings. The van der Waals surface area contributed by atoms with Crippen molar-refractivity contribution in [1.82, 2.24) is 9.88 Å². The number of piperazine rings is 1. The van der Waals surface area contributed by atoms with Crippen LogP contribution in [0.2, 0.25) is 0 Å². The molecule has 1 saturated heterocycles. The number of aromatic nitrogens is 1. The van der Waals surface area contributed by atoms with E-state index in [1.165, 1.54) is 10.3 Å². The first-order valence-electron chi connectivity index (χ1n) is 10.0. The molecule has 0 aliphatic carbocycles. The molecule has 0 N–H and O–H groups in total. The maximum Gasteiger partial charge on any atom is 0.289 e. The SMILES string of the molecule is CC(C)c1cccc2sc(N3CCN(C(=O)c4cc5ccccc5o4)CC3)nc12.